The monoisotopic (exact) mass is 513 g/mol. The maximum Gasteiger partial charge on any atom is 0.416 e. The van der Waals surface area contributed by atoms with Crippen molar-refractivity contribution in [2.24, 2.45) is 0 Å². The van der Waals surface area contributed by atoms with Gasteiger partial charge in [-0.3, -0.25) is 4.79 Å². The second kappa shape index (κ2) is 9.79. The zero-order valence-corrected chi connectivity index (χ0v) is 20.2. The maximum absolute atomic E-state index is 13.4. The van der Waals surface area contributed by atoms with E-state index in [9.17, 15) is 18.0 Å². The Kier molecular flexibility index (Phi) is 7.12. The zero-order valence-electron chi connectivity index (χ0n) is 19.4. The third-order valence-corrected chi connectivity index (χ3v) is 6.63. The smallest absolute Gasteiger partial charge is 0.399 e. The summed E-state index contributed by atoms with van der Waals surface area (Å²) in [6.07, 6.45) is -2.80. The van der Waals surface area contributed by atoms with Gasteiger partial charge in [-0.05, 0) is 55.1 Å². The Balaban J connectivity index is 1.61. The summed E-state index contributed by atoms with van der Waals surface area (Å²) in [7, 11) is 1.50. The number of carbonyl (C=O) groups is 1. The van der Waals surface area contributed by atoms with Crippen molar-refractivity contribution in [2.45, 2.75) is 50.6 Å². The van der Waals surface area contributed by atoms with E-state index in [0.717, 1.165) is 12.1 Å². The van der Waals surface area contributed by atoms with Crippen LogP contribution in [0.5, 0.6) is 0 Å². The van der Waals surface area contributed by atoms with Crippen molar-refractivity contribution >= 4 is 29.0 Å². The van der Waals surface area contributed by atoms with Crippen LogP contribution in [0, 0.1) is 0 Å². The SMILES string of the molecule is COC1(C(=O)N2CCc3nc(Cl)nc(N[C@H](C)c4cc(N)cc(C(F)(F)F)c4)c3C2)CCCOC1. The number of hydrogen-bond donors (Lipinski definition) is 2. The highest BCUT2D eigenvalue weighted by atomic mass is 35.5. The lowest BCUT2D eigenvalue weighted by Crippen LogP contribution is -2.55. The molecule has 35 heavy (non-hydrogen) atoms. The number of nitrogens with one attached hydrogen (secondary N) is 1. The predicted molar refractivity (Wildman–Crippen MR) is 124 cm³/mol. The lowest BCUT2D eigenvalue weighted by molar-refractivity contribution is -0.172. The van der Waals surface area contributed by atoms with Crippen molar-refractivity contribution in [3.8, 4) is 0 Å². The molecule has 0 bridgehead atoms. The highest BCUT2D eigenvalue weighted by Gasteiger charge is 2.44. The average Bonchev–Trinajstić information content (AvgIpc) is 2.82. The molecule has 8 nitrogen and oxygen atoms in total. The molecule has 1 saturated heterocycles. The number of amides is 1. The molecule has 1 amide bonds. The summed E-state index contributed by atoms with van der Waals surface area (Å²) in [4.78, 5) is 23.7. The number of rotatable bonds is 5. The fourth-order valence-corrected chi connectivity index (χ4v) is 4.72. The number of carbonyl (C=O) groups excluding carboxylic acids is 1. The standard InChI is InChI=1S/C23H27ClF3N5O3/c1-13(14-8-15(23(25,26)27)10-16(28)9-14)29-19-17-11-32(6-4-18(17)30-21(24)31-19)20(33)22(34-2)5-3-7-35-12-22/h8-10,13H,3-7,11-12,28H2,1-2H3,(H,29,30,31)/t13-,22?/m1/s1. The summed E-state index contributed by atoms with van der Waals surface area (Å²) in [5.41, 5.74) is 5.53. The Morgan fingerprint density at radius 2 is 2.11 bits per heavy atom. The molecule has 1 aromatic carbocycles. The normalized spacial score (nSPS) is 21.4. The van der Waals surface area contributed by atoms with E-state index in [4.69, 9.17) is 26.8 Å². The van der Waals surface area contributed by atoms with E-state index in [1.54, 1.807) is 11.8 Å². The first-order chi connectivity index (χ1) is 16.5. The Bertz CT molecular complexity index is 1110. The number of fused-ring (bicyclic) bond motifs is 1. The van der Waals surface area contributed by atoms with Crippen LogP contribution in [0.15, 0.2) is 18.2 Å². The topological polar surface area (TPSA) is 103 Å². The Morgan fingerprint density at radius 3 is 2.77 bits per heavy atom. The van der Waals surface area contributed by atoms with Gasteiger partial charge >= 0.3 is 6.18 Å². The van der Waals surface area contributed by atoms with Crippen LogP contribution in [0.2, 0.25) is 5.28 Å². The molecular formula is C23H27ClF3N5O3. The van der Waals surface area contributed by atoms with Crippen molar-refractivity contribution in [2.75, 3.05) is 37.9 Å². The lowest BCUT2D eigenvalue weighted by Gasteiger charge is -2.40. The number of halogens is 4. The first-order valence-electron chi connectivity index (χ1n) is 11.2. The quantitative estimate of drug-likeness (QED) is 0.460. The van der Waals surface area contributed by atoms with Gasteiger partial charge in [-0.15, -0.1) is 0 Å². The molecular weight excluding hydrogens is 487 g/mol. The van der Waals surface area contributed by atoms with Crippen LogP contribution >= 0.6 is 11.6 Å². The summed E-state index contributed by atoms with van der Waals surface area (Å²) in [5, 5.41) is 3.15. The van der Waals surface area contributed by atoms with E-state index in [2.05, 4.69) is 15.3 Å². The molecule has 190 valence electrons. The van der Waals surface area contributed by atoms with Crippen molar-refractivity contribution in [1.82, 2.24) is 14.9 Å². The van der Waals surface area contributed by atoms with E-state index < -0.39 is 23.4 Å². The van der Waals surface area contributed by atoms with Gasteiger partial charge < -0.3 is 25.4 Å². The molecule has 0 spiro atoms. The summed E-state index contributed by atoms with van der Waals surface area (Å²) < 4.78 is 51.0. The van der Waals surface area contributed by atoms with Crippen LogP contribution in [0.25, 0.3) is 0 Å². The second-order valence-corrected chi connectivity index (χ2v) is 9.19. The van der Waals surface area contributed by atoms with Crippen LogP contribution in [-0.2, 0) is 33.4 Å². The van der Waals surface area contributed by atoms with Crippen LogP contribution < -0.4 is 11.1 Å². The molecule has 2 aliphatic rings. The molecule has 4 rings (SSSR count). The highest BCUT2D eigenvalue weighted by molar-refractivity contribution is 6.28. The zero-order chi connectivity index (χ0) is 25.4. The van der Waals surface area contributed by atoms with Gasteiger partial charge in [-0.1, -0.05) is 0 Å². The molecule has 1 unspecified atom stereocenters. The molecule has 3 heterocycles. The minimum absolute atomic E-state index is 0.00237. The van der Waals surface area contributed by atoms with Gasteiger partial charge in [0, 0.05) is 37.9 Å². The lowest BCUT2D eigenvalue weighted by atomic mass is 9.93. The van der Waals surface area contributed by atoms with Gasteiger partial charge in [-0.25, -0.2) is 9.97 Å². The molecule has 1 fully saturated rings. The first kappa shape index (κ1) is 25.5. The van der Waals surface area contributed by atoms with Gasteiger partial charge in [0.05, 0.1) is 30.5 Å². The largest absolute Gasteiger partial charge is 0.416 e. The molecule has 1 aromatic heterocycles. The maximum atomic E-state index is 13.4. The van der Waals surface area contributed by atoms with Crippen LogP contribution in [0.3, 0.4) is 0 Å². The second-order valence-electron chi connectivity index (χ2n) is 8.85. The minimum atomic E-state index is -4.53. The summed E-state index contributed by atoms with van der Waals surface area (Å²) in [6.45, 7) is 3.09. The van der Waals surface area contributed by atoms with Crippen molar-refractivity contribution < 1.29 is 27.4 Å². The number of benzene rings is 1. The van der Waals surface area contributed by atoms with Crippen LogP contribution in [-0.4, -0.2) is 53.2 Å². The molecule has 2 atom stereocenters. The van der Waals surface area contributed by atoms with Gasteiger partial charge in [0.25, 0.3) is 5.91 Å². The number of anilines is 2. The molecule has 0 aliphatic carbocycles. The van der Waals surface area contributed by atoms with Crippen LogP contribution in [0.1, 0.15) is 48.2 Å². The number of nitrogens with zero attached hydrogens (tertiary/aromatic N) is 3. The van der Waals surface area contributed by atoms with E-state index in [1.807, 2.05) is 0 Å². The number of aromatic nitrogens is 2. The van der Waals surface area contributed by atoms with Gasteiger partial charge in [0.2, 0.25) is 5.28 Å². The third kappa shape index (κ3) is 5.31. The number of hydrogen-bond acceptors (Lipinski definition) is 7. The van der Waals surface area contributed by atoms with Crippen molar-refractivity contribution in [1.29, 1.82) is 0 Å². The van der Waals surface area contributed by atoms with Gasteiger partial charge in [0.15, 0.2) is 5.60 Å². The third-order valence-electron chi connectivity index (χ3n) is 6.46. The predicted octanol–water partition coefficient (Wildman–Crippen LogP) is 3.98. The molecule has 12 heteroatoms. The van der Waals surface area contributed by atoms with Gasteiger partial charge in [-0.2, -0.15) is 13.2 Å². The number of nitrogens with two attached hydrogens (primary N) is 1. The van der Waals surface area contributed by atoms with E-state index in [-0.39, 0.29) is 30.0 Å². The first-order valence-corrected chi connectivity index (χ1v) is 11.6. The van der Waals surface area contributed by atoms with Gasteiger partial charge in [0.1, 0.15) is 5.82 Å². The Hall–Kier alpha value is -2.63. The van der Waals surface area contributed by atoms with E-state index in [1.165, 1.54) is 13.2 Å². The number of nitrogen functional groups attached to an aromatic ring is 1. The molecule has 3 N–H and O–H groups in total. The summed E-state index contributed by atoms with van der Waals surface area (Å²) in [5.74, 6) is 0.178. The fourth-order valence-electron chi connectivity index (χ4n) is 4.53. The molecule has 0 saturated carbocycles. The average molecular weight is 514 g/mol. The summed E-state index contributed by atoms with van der Waals surface area (Å²) in [6, 6.07) is 2.83. The molecule has 2 aliphatic heterocycles. The Morgan fingerprint density at radius 1 is 1.34 bits per heavy atom. The highest BCUT2D eigenvalue weighted by Crippen LogP contribution is 2.35. The molecule has 0 radical (unpaired) electrons. The van der Waals surface area contributed by atoms with E-state index in [0.29, 0.717) is 55.1 Å². The fraction of sp³-hybridized carbons (Fsp3) is 0.522. The van der Waals surface area contributed by atoms with Crippen molar-refractivity contribution in [3.63, 3.8) is 0 Å². The Labute approximate surface area is 205 Å². The minimum Gasteiger partial charge on any atom is -0.399 e. The molecule has 2 aromatic rings. The number of alkyl halides is 3. The van der Waals surface area contributed by atoms with Crippen LogP contribution in [0.4, 0.5) is 24.7 Å². The number of methoxy groups -OCH3 is 1. The summed E-state index contributed by atoms with van der Waals surface area (Å²) >= 11 is 6.14. The van der Waals surface area contributed by atoms with E-state index >= 15 is 0 Å². The number of ether oxygens (including phenoxy) is 2. The van der Waals surface area contributed by atoms with Crippen molar-refractivity contribution in [3.05, 3.63) is 45.9 Å².